The number of alkyl carbamates (subject to hydrolysis) is 1. The van der Waals surface area contributed by atoms with Gasteiger partial charge >= 0.3 is 12.1 Å². The molecular weight excluding hydrogens is 432 g/mol. The van der Waals surface area contributed by atoms with Gasteiger partial charge in [0.15, 0.2) is 0 Å². The molecule has 2 aromatic rings. The summed E-state index contributed by atoms with van der Waals surface area (Å²) in [5, 5.41) is 14.9. The van der Waals surface area contributed by atoms with E-state index in [2.05, 4.69) is 34.9 Å². The first-order valence-corrected chi connectivity index (χ1v) is 12.1. The summed E-state index contributed by atoms with van der Waals surface area (Å²) in [5.41, 5.74) is 4.69. The quantitative estimate of drug-likeness (QED) is 0.513. The number of carboxylic acids is 1. The molecular formula is C27H32N2O5. The highest BCUT2D eigenvalue weighted by atomic mass is 16.5. The molecule has 1 unspecified atom stereocenters. The molecule has 1 saturated carbocycles. The normalized spacial score (nSPS) is 19.7. The number of aliphatic carboxylic acids is 1. The van der Waals surface area contributed by atoms with Crippen LogP contribution >= 0.6 is 0 Å². The topological polar surface area (TPSA) is 105 Å². The Hall–Kier alpha value is -3.35. The molecule has 0 aromatic heterocycles. The van der Waals surface area contributed by atoms with Crippen LogP contribution in [0.25, 0.3) is 11.1 Å². The van der Waals surface area contributed by atoms with Crippen LogP contribution < -0.4 is 10.6 Å². The van der Waals surface area contributed by atoms with Crippen LogP contribution in [0.1, 0.15) is 56.1 Å². The standard InChI is InChI=1S/C27H32N2O5/c1-2-17(13-25(30)29-19-12-11-18(14-19)26(31)32)15-28-27(33)34-16-24-22-9-5-3-7-20(22)21-8-4-6-10-23(21)24/h3-10,17-19,24H,2,11-16H2,1H3,(H,28,33)(H,29,30)(H,31,32)/t17?,18-,19+/m0/s1. The van der Waals surface area contributed by atoms with E-state index in [0.29, 0.717) is 25.8 Å². The molecule has 1 fully saturated rings. The maximum absolute atomic E-state index is 12.4. The molecule has 0 saturated heterocycles. The summed E-state index contributed by atoms with van der Waals surface area (Å²) in [4.78, 5) is 35.9. The van der Waals surface area contributed by atoms with Crippen molar-refractivity contribution in [2.45, 2.75) is 51.0 Å². The summed E-state index contributed by atoms with van der Waals surface area (Å²) < 4.78 is 5.58. The van der Waals surface area contributed by atoms with Crippen LogP contribution in [0.2, 0.25) is 0 Å². The first kappa shape index (κ1) is 23.8. The molecule has 0 spiro atoms. The number of carbonyl (C=O) groups is 3. The van der Waals surface area contributed by atoms with Gasteiger partial charge in [0.25, 0.3) is 0 Å². The van der Waals surface area contributed by atoms with Crippen LogP contribution in [0, 0.1) is 11.8 Å². The molecule has 34 heavy (non-hydrogen) atoms. The Morgan fingerprint density at radius 1 is 1.03 bits per heavy atom. The zero-order chi connectivity index (χ0) is 24.1. The molecule has 4 rings (SSSR count). The van der Waals surface area contributed by atoms with Crippen molar-refractivity contribution < 1.29 is 24.2 Å². The third-order valence-corrected chi connectivity index (χ3v) is 7.08. The summed E-state index contributed by atoms with van der Waals surface area (Å²) in [6, 6.07) is 16.3. The fourth-order valence-electron chi connectivity index (χ4n) is 5.12. The highest BCUT2D eigenvalue weighted by Gasteiger charge is 2.31. The average molecular weight is 465 g/mol. The van der Waals surface area contributed by atoms with Gasteiger partial charge in [-0.25, -0.2) is 4.79 Å². The third-order valence-electron chi connectivity index (χ3n) is 7.08. The van der Waals surface area contributed by atoms with Crippen molar-refractivity contribution in [1.29, 1.82) is 0 Å². The molecule has 0 aliphatic heterocycles. The number of hydrogen-bond acceptors (Lipinski definition) is 4. The second kappa shape index (κ2) is 10.7. The van der Waals surface area contributed by atoms with E-state index >= 15 is 0 Å². The van der Waals surface area contributed by atoms with Crippen molar-refractivity contribution >= 4 is 18.0 Å². The smallest absolute Gasteiger partial charge is 0.407 e. The lowest BCUT2D eigenvalue weighted by atomic mass is 9.98. The van der Waals surface area contributed by atoms with Crippen molar-refractivity contribution in [3.05, 3.63) is 59.7 Å². The molecule has 0 bridgehead atoms. The van der Waals surface area contributed by atoms with Gasteiger partial charge in [-0.2, -0.15) is 0 Å². The van der Waals surface area contributed by atoms with E-state index in [1.54, 1.807) is 0 Å². The molecule has 3 N–H and O–H groups in total. The Morgan fingerprint density at radius 2 is 1.68 bits per heavy atom. The molecule has 3 atom stereocenters. The van der Waals surface area contributed by atoms with Gasteiger partial charge in [-0.1, -0.05) is 61.9 Å². The lowest BCUT2D eigenvalue weighted by Crippen LogP contribution is -2.37. The lowest BCUT2D eigenvalue weighted by molar-refractivity contribution is -0.141. The SMILES string of the molecule is CCC(CNC(=O)OCC1c2ccccc2-c2ccccc21)CC(=O)N[C@@H]1CC[C@H](C(=O)O)C1. The first-order valence-electron chi connectivity index (χ1n) is 12.1. The largest absolute Gasteiger partial charge is 0.481 e. The number of amides is 2. The number of nitrogens with one attached hydrogen (secondary N) is 2. The van der Waals surface area contributed by atoms with Crippen LogP contribution in [0.4, 0.5) is 4.79 Å². The van der Waals surface area contributed by atoms with Crippen LogP contribution in [0.15, 0.2) is 48.5 Å². The molecule has 7 heteroatoms. The van der Waals surface area contributed by atoms with E-state index in [1.807, 2.05) is 31.2 Å². The van der Waals surface area contributed by atoms with Crippen molar-refractivity contribution in [2.24, 2.45) is 11.8 Å². The molecule has 2 amide bonds. The number of fused-ring (bicyclic) bond motifs is 3. The second-order valence-corrected chi connectivity index (χ2v) is 9.30. The van der Waals surface area contributed by atoms with Gasteiger partial charge in [0, 0.05) is 24.9 Å². The summed E-state index contributed by atoms with van der Waals surface area (Å²) in [7, 11) is 0. The minimum Gasteiger partial charge on any atom is -0.481 e. The van der Waals surface area contributed by atoms with Crippen LogP contribution in [-0.2, 0) is 14.3 Å². The zero-order valence-electron chi connectivity index (χ0n) is 19.5. The molecule has 0 heterocycles. The average Bonchev–Trinajstić information content (AvgIpc) is 3.43. The first-order chi connectivity index (χ1) is 16.5. The number of hydrogen-bond donors (Lipinski definition) is 3. The Kier molecular flexibility index (Phi) is 7.50. The minimum absolute atomic E-state index is 0.00643. The molecule has 7 nitrogen and oxygen atoms in total. The summed E-state index contributed by atoms with van der Waals surface area (Å²) >= 11 is 0. The van der Waals surface area contributed by atoms with Crippen LogP contribution in [0.5, 0.6) is 0 Å². The van der Waals surface area contributed by atoms with Crippen LogP contribution in [0.3, 0.4) is 0 Å². The predicted octanol–water partition coefficient (Wildman–Crippen LogP) is 4.31. The number of carbonyl (C=O) groups excluding carboxylic acids is 2. The molecule has 180 valence electrons. The number of carboxylic acid groups (broad SMARTS) is 1. The Bertz CT molecular complexity index is 1010. The fraction of sp³-hybridized carbons (Fsp3) is 0.444. The summed E-state index contributed by atoms with van der Waals surface area (Å²) in [6.45, 7) is 2.58. The van der Waals surface area contributed by atoms with Gasteiger partial charge < -0.3 is 20.5 Å². The molecule has 0 radical (unpaired) electrons. The van der Waals surface area contributed by atoms with Gasteiger partial charge in [0.2, 0.25) is 5.91 Å². The Morgan fingerprint density at radius 3 is 2.26 bits per heavy atom. The second-order valence-electron chi connectivity index (χ2n) is 9.30. The highest BCUT2D eigenvalue weighted by Crippen LogP contribution is 2.44. The van der Waals surface area contributed by atoms with Gasteiger partial charge in [0.1, 0.15) is 6.61 Å². The maximum atomic E-state index is 12.4. The number of rotatable bonds is 9. The van der Waals surface area contributed by atoms with E-state index in [9.17, 15) is 14.4 Å². The van der Waals surface area contributed by atoms with Gasteiger partial charge in [-0.05, 0) is 47.4 Å². The van der Waals surface area contributed by atoms with E-state index in [1.165, 1.54) is 11.1 Å². The highest BCUT2D eigenvalue weighted by molar-refractivity contribution is 5.79. The Balaban J connectivity index is 1.24. The summed E-state index contributed by atoms with van der Waals surface area (Å²) in [6.07, 6.45) is 2.31. The van der Waals surface area contributed by atoms with Crippen LogP contribution in [-0.4, -0.2) is 42.3 Å². The van der Waals surface area contributed by atoms with E-state index in [-0.39, 0.29) is 42.7 Å². The maximum Gasteiger partial charge on any atom is 0.407 e. The lowest BCUT2D eigenvalue weighted by Gasteiger charge is -2.19. The van der Waals surface area contributed by atoms with Gasteiger partial charge in [-0.3, -0.25) is 9.59 Å². The van der Waals surface area contributed by atoms with Crippen molar-refractivity contribution in [3.63, 3.8) is 0 Å². The van der Waals surface area contributed by atoms with Gasteiger partial charge in [0.05, 0.1) is 5.92 Å². The Labute approximate surface area is 199 Å². The number of benzene rings is 2. The predicted molar refractivity (Wildman–Crippen MR) is 128 cm³/mol. The van der Waals surface area contributed by atoms with E-state index in [4.69, 9.17) is 9.84 Å². The molecule has 2 aromatic carbocycles. The molecule has 2 aliphatic rings. The van der Waals surface area contributed by atoms with Crippen molar-refractivity contribution in [2.75, 3.05) is 13.2 Å². The third kappa shape index (κ3) is 5.41. The van der Waals surface area contributed by atoms with Gasteiger partial charge in [-0.15, -0.1) is 0 Å². The minimum atomic E-state index is -0.796. The fourth-order valence-corrected chi connectivity index (χ4v) is 5.12. The summed E-state index contributed by atoms with van der Waals surface area (Å²) in [5.74, 6) is -1.28. The van der Waals surface area contributed by atoms with E-state index < -0.39 is 12.1 Å². The van der Waals surface area contributed by atoms with E-state index in [0.717, 1.165) is 17.5 Å². The number of ether oxygens (including phenoxy) is 1. The zero-order valence-corrected chi connectivity index (χ0v) is 19.5. The van der Waals surface area contributed by atoms with Crippen molar-refractivity contribution in [3.8, 4) is 11.1 Å². The molecule has 2 aliphatic carbocycles. The monoisotopic (exact) mass is 464 g/mol. The van der Waals surface area contributed by atoms with Crippen molar-refractivity contribution in [1.82, 2.24) is 10.6 Å².